The highest BCUT2D eigenvalue weighted by atomic mass is 19.1. The molecule has 2 aromatic rings. The number of nitrogens with one attached hydrogen (secondary N) is 2. The summed E-state index contributed by atoms with van der Waals surface area (Å²) in [6.45, 7) is 6.27. The minimum Gasteiger partial charge on any atom is -0.490 e. The fraction of sp³-hybridized carbons (Fsp3) is 0.536. The molecule has 1 aliphatic heterocycles. The number of pyridine rings is 1. The van der Waals surface area contributed by atoms with Gasteiger partial charge in [-0.15, -0.1) is 0 Å². The summed E-state index contributed by atoms with van der Waals surface area (Å²) in [5.74, 6) is 0.0959. The van der Waals surface area contributed by atoms with Crippen LogP contribution in [0.4, 0.5) is 10.1 Å². The number of benzene rings is 1. The molecule has 1 aliphatic carbocycles. The molecule has 2 aliphatic rings. The van der Waals surface area contributed by atoms with Crippen LogP contribution in [0.2, 0.25) is 0 Å². The molecule has 0 radical (unpaired) electrons. The first-order valence-electron chi connectivity index (χ1n) is 13.3. The molecular formula is C28H39FN4O5. The second kappa shape index (κ2) is 15.4. The van der Waals surface area contributed by atoms with E-state index in [4.69, 9.17) is 19.9 Å². The highest BCUT2D eigenvalue weighted by Gasteiger charge is 2.35. The summed E-state index contributed by atoms with van der Waals surface area (Å²) in [5.41, 5.74) is 6.17. The Morgan fingerprint density at radius 2 is 1.95 bits per heavy atom. The molecule has 10 heteroatoms. The number of amides is 2. The lowest BCUT2D eigenvalue weighted by Gasteiger charge is -2.15. The lowest BCUT2D eigenvalue weighted by molar-refractivity contribution is -0.127. The Kier molecular flexibility index (Phi) is 11.9. The fourth-order valence-electron chi connectivity index (χ4n) is 3.93. The number of nitrogens with two attached hydrogens (primary N) is 1. The zero-order valence-corrected chi connectivity index (χ0v) is 22.2. The SMILES string of the molecule is CC1CC(C)C(C(=O)Nc2ccnc(C(=O)NCCCOCCCN)c2)O1.Fc1cccc(OC2CC2)c1. The van der Waals surface area contributed by atoms with Gasteiger partial charge in [-0.05, 0) is 75.8 Å². The summed E-state index contributed by atoms with van der Waals surface area (Å²) in [6, 6.07) is 9.49. The predicted molar refractivity (Wildman–Crippen MR) is 142 cm³/mol. The van der Waals surface area contributed by atoms with Crippen molar-refractivity contribution in [1.82, 2.24) is 10.3 Å². The largest absolute Gasteiger partial charge is 0.490 e. The van der Waals surface area contributed by atoms with Gasteiger partial charge in [-0.1, -0.05) is 13.0 Å². The maximum Gasteiger partial charge on any atom is 0.269 e. The number of hydrogen-bond acceptors (Lipinski definition) is 7. The van der Waals surface area contributed by atoms with Gasteiger partial charge in [0.15, 0.2) is 0 Å². The highest BCUT2D eigenvalue weighted by molar-refractivity contribution is 5.97. The van der Waals surface area contributed by atoms with Crippen LogP contribution < -0.4 is 21.1 Å². The lowest BCUT2D eigenvalue weighted by atomic mass is 10.0. The third-order valence-electron chi connectivity index (χ3n) is 5.98. The van der Waals surface area contributed by atoms with Crippen LogP contribution in [0.15, 0.2) is 42.6 Å². The minimum atomic E-state index is -0.468. The Morgan fingerprint density at radius 3 is 2.63 bits per heavy atom. The van der Waals surface area contributed by atoms with Crippen molar-refractivity contribution >= 4 is 17.5 Å². The van der Waals surface area contributed by atoms with Crippen molar-refractivity contribution in [2.24, 2.45) is 11.7 Å². The second-order valence-corrected chi connectivity index (χ2v) is 9.64. The first kappa shape index (κ1) is 29.5. The van der Waals surface area contributed by atoms with Crippen molar-refractivity contribution in [1.29, 1.82) is 0 Å². The van der Waals surface area contributed by atoms with Crippen molar-refractivity contribution in [3.05, 3.63) is 54.1 Å². The van der Waals surface area contributed by atoms with Crippen LogP contribution in [-0.2, 0) is 14.3 Å². The van der Waals surface area contributed by atoms with E-state index in [2.05, 4.69) is 15.6 Å². The van der Waals surface area contributed by atoms with Gasteiger partial charge in [0.05, 0.1) is 12.2 Å². The monoisotopic (exact) mass is 530 g/mol. The van der Waals surface area contributed by atoms with Gasteiger partial charge in [0.1, 0.15) is 23.4 Å². The molecule has 2 fully saturated rings. The smallest absolute Gasteiger partial charge is 0.269 e. The number of halogens is 1. The average molecular weight is 531 g/mol. The molecule has 0 bridgehead atoms. The first-order chi connectivity index (χ1) is 18.4. The van der Waals surface area contributed by atoms with E-state index in [1.165, 1.54) is 18.3 Å². The molecule has 4 N–H and O–H groups in total. The fourth-order valence-corrected chi connectivity index (χ4v) is 3.93. The summed E-state index contributed by atoms with van der Waals surface area (Å²) in [7, 11) is 0. The molecule has 9 nitrogen and oxygen atoms in total. The van der Waals surface area contributed by atoms with Crippen LogP contribution in [0.25, 0.3) is 0 Å². The molecule has 208 valence electrons. The Bertz CT molecular complexity index is 1040. The Hall–Kier alpha value is -3.08. The zero-order valence-electron chi connectivity index (χ0n) is 22.2. The number of carbonyl (C=O) groups excluding carboxylic acids is 2. The molecule has 3 atom stereocenters. The van der Waals surface area contributed by atoms with Crippen molar-refractivity contribution in [3.8, 4) is 5.75 Å². The lowest BCUT2D eigenvalue weighted by Crippen LogP contribution is -2.32. The van der Waals surface area contributed by atoms with E-state index in [9.17, 15) is 14.0 Å². The third-order valence-corrected chi connectivity index (χ3v) is 5.98. The number of rotatable bonds is 12. The molecule has 1 saturated carbocycles. The molecular weight excluding hydrogens is 491 g/mol. The Labute approximate surface area is 223 Å². The van der Waals surface area contributed by atoms with Crippen LogP contribution in [-0.4, -0.2) is 61.4 Å². The van der Waals surface area contributed by atoms with Crippen LogP contribution in [0.1, 0.15) is 56.4 Å². The highest BCUT2D eigenvalue weighted by Crippen LogP contribution is 2.27. The van der Waals surface area contributed by atoms with Gasteiger partial charge < -0.3 is 30.6 Å². The van der Waals surface area contributed by atoms with Gasteiger partial charge in [0.2, 0.25) is 0 Å². The van der Waals surface area contributed by atoms with Crippen molar-refractivity contribution in [2.45, 2.75) is 64.3 Å². The van der Waals surface area contributed by atoms with Gasteiger partial charge in [-0.3, -0.25) is 14.6 Å². The molecule has 1 aromatic heterocycles. The summed E-state index contributed by atoms with van der Waals surface area (Å²) in [5, 5.41) is 5.61. The van der Waals surface area contributed by atoms with E-state index in [-0.39, 0.29) is 35.3 Å². The van der Waals surface area contributed by atoms with E-state index in [1.807, 2.05) is 13.8 Å². The Morgan fingerprint density at radius 1 is 1.16 bits per heavy atom. The maximum absolute atomic E-state index is 12.6. The maximum atomic E-state index is 12.6. The predicted octanol–water partition coefficient (Wildman–Crippen LogP) is 3.69. The quantitative estimate of drug-likeness (QED) is 0.358. The van der Waals surface area contributed by atoms with Crippen molar-refractivity contribution < 1.29 is 28.2 Å². The van der Waals surface area contributed by atoms with Gasteiger partial charge in [0.25, 0.3) is 11.8 Å². The van der Waals surface area contributed by atoms with Crippen LogP contribution in [0.3, 0.4) is 0 Å². The molecule has 4 rings (SSSR count). The van der Waals surface area contributed by atoms with Gasteiger partial charge in [0, 0.05) is 37.7 Å². The summed E-state index contributed by atoms with van der Waals surface area (Å²) in [6.07, 6.45) is 6.07. The summed E-state index contributed by atoms with van der Waals surface area (Å²) < 4.78 is 29.0. The average Bonchev–Trinajstić information content (AvgIpc) is 3.64. The van der Waals surface area contributed by atoms with Gasteiger partial charge in [-0.2, -0.15) is 0 Å². The van der Waals surface area contributed by atoms with E-state index < -0.39 is 6.10 Å². The molecule has 2 amide bonds. The third kappa shape index (κ3) is 10.4. The number of carbonyl (C=O) groups is 2. The van der Waals surface area contributed by atoms with Crippen LogP contribution in [0, 0.1) is 11.7 Å². The van der Waals surface area contributed by atoms with Crippen LogP contribution >= 0.6 is 0 Å². The number of hydrogen-bond donors (Lipinski definition) is 3. The van der Waals surface area contributed by atoms with Crippen molar-refractivity contribution in [3.63, 3.8) is 0 Å². The summed E-state index contributed by atoms with van der Waals surface area (Å²) >= 11 is 0. The normalized spacial score (nSPS) is 20.3. The van der Waals surface area contributed by atoms with Crippen molar-refractivity contribution in [2.75, 3.05) is 31.6 Å². The minimum absolute atomic E-state index is 0.0776. The van der Waals surface area contributed by atoms with E-state index in [0.717, 1.165) is 25.7 Å². The zero-order chi connectivity index (χ0) is 27.3. The van der Waals surface area contributed by atoms with Gasteiger partial charge in [-0.25, -0.2) is 4.39 Å². The number of ether oxygens (including phenoxy) is 3. The molecule has 38 heavy (non-hydrogen) atoms. The molecule has 3 unspecified atom stereocenters. The van der Waals surface area contributed by atoms with Crippen LogP contribution in [0.5, 0.6) is 5.75 Å². The first-order valence-corrected chi connectivity index (χ1v) is 13.3. The van der Waals surface area contributed by atoms with Gasteiger partial charge >= 0.3 is 0 Å². The molecule has 0 spiro atoms. The number of aromatic nitrogens is 1. The number of anilines is 1. The standard InChI is InChI=1S/C19H30N4O4.C9H9FO/c1-13-11-14(2)27-17(13)19(25)23-15-5-8-21-16(12-15)18(24)22-7-4-10-26-9-3-6-20;10-7-2-1-3-9(6-7)11-8-4-5-8/h5,8,12-14,17H,3-4,6-7,9-11,20H2,1-2H3,(H,22,24)(H,21,23,25);1-3,6,8H,4-5H2. The molecule has 1 saturated heterocycles. The summed E-state index contributed by atoms with van der Waals surface area (Å²) in [4.78, 5) is 28.7. The molecule has 2 heterocycles. The Balaban J connectivity index is 0.000000299. The van der Waals surface area contributed by atoms with E-state index >= 15 is 0 Å². The molecule has 1 aromatic carbocycles. The topological polar surface area (TPSA) is 125 Å². The van der Waals surface area contributed by atoms with E-state index in [0.29, 0.717) is 50.3 Å². The van der Waals surface area contributed by atoms with E-state index in [1.54, 1.807) is 24.3 Å². The second-order valence-electron chi connectivity index (χ2n) is 9.64. The number of nitrogens with zero attached hydrogens (tertiary/aromatic N) is 1.